The van der Waals surface area contributed by atoms with Gasteiger partial charge < -0.3 is 4.74 Å². The highest BCUT2D eigenvalue weighted by atomic mass is 16.5. The third-order valence-corrected chi connectivity index (χ3v) is 2.98. The molecule has 0 bridgehead atoms. The first-order valence-electron chi connectivity index (χ1n) is 5.14. The molecule has 0 N–H and O–H groups in total. The van der Waals surface area contributed by atoms with E-state index in [0.717, 1.165) is 12.2 Å². The van der Waals surface area contributed by atoms with E-state index in [2.05, 4.69) is 36.4 Å². The van der Waals surface area contributed by atoms with Crippen molar-refractivity contribution < 1.29 is 4.74 Å². The zero-order valence-corrected chi connectivity index (χ0v) is 8.66. The molecule has 1 aliphatic carbocycles. The average molecular weight is 196 g/mol. The third-order valence-electron chi connectivity index (χ3n) is 2.98. The van der Waals surface area contributed by atoms with E-state index < -0.39 is 0 Å². The third kappa shape index (κ3) is 1.23. The van der Waals surface area contributed by atoms with Crippen molar-refractivity contribution in [1.82, 2.24) is 0 Å². The molecule has 0 aliphatic heterocycles. The molecule has 0 radical (unpaired) electrons. The highest BCUT2D eigenvalue weighted by molar-refractivity contribution is 5.94. The Labute approximate surface area is 89.0 Å². The predicted molar refractivity (Wildman–Crippen MR) is 63.2 cm³/mol. The molecule has 1 heteroatoms. The van der Waals surface area contributed by atoms with Crippen LogP contribution in [-0.4, -0.2) is 7.11 Å². The van der Waals surface area contributed by atoms with Gasteiger partial charge in [-0.1, -0.05) is 30.4 Å². The number of methoxy groups -OCH3 is 1. The van der Waals surface area contributed by atoms with Crippen molar-refractivity contribution in [3.05, 3.63) is 47.5 Å². The molecule has 0 spiro atoms. The molecule has 0 saturated carbocycles. The maximum Gasteiger partial charge on any atom is 0.119 e. The standard InChI is InChI=1S/C14H12O/c1-15-12-7-8-14-11(9-12)6-5-10-3-2-4-13(10)14/h2,4-9H,3H2,1H3. The van der Waals surface area contributed by atoms with E-state index in [4.69, 9.17) is 4.74 Å². The van der Waals surface area contributed by atoms with Gasteiger partial charge in [-0.25, -0.2) is 0 Å². The maximum absolute atomic E-state index is 5.22. The van der Waals surface area contributed by atoms with Crippen molar-refractivity contribution >= 4 is 16.8 Å². The Bertz CT molecular complexity index is 553. The minimum absolute atomic E-state index is 0.921. The summed E-state index contributed by atoms with van der Waals surface area (Å²) in [7, 11) is 1.70. The van der Waals surface area contributed by atoms with E-state index in [1.807, 2.05) is 6.07 Å². The summed E-state index contributed by atoms with van der Waals surface area (Å²) in [5.41, 5.74) is 2.79. The van der Waals surface area contributed by atoms with E-state index in [0.29, 0.717) is 0 Å². The predicted octanol–water partition coefficient (Wildman–Crippen LogP) is 3.42. The van der Waals surface area contributed by atoms with Crippen molar-refractivity contribution in [3.63, 3.8) is 0 Å². The summed E-state index contributed by atoms with van der Waals surface area (Å²) in [6.45, 7) is 0. The molecule has 1 aliphatic rings. The van der Waals surface area contributed by atoms with E-state index in [9.17, 15) is 0 Å². The SMILES string of the molecule is COc1ccc2c3c(ccc2c1)CC=C3. The van der Waals surface area contributed by atoms with Crippen LogP contribution in [-0.2, 0) is 6.42 Å². The lowest BCUT2D eigenvalue weighted by Crippen LogP contribution is -1.86. The highest BCUT2D eigenvalue weighted by Gasteiger charge is 2.08. The molecule has 3 rings (SSSR count). The number of allylic oxidation sites excluding steroid dienone is 1. The summed E-state index contributed by atoms with van der Waals surface area (Å²) in [5.74, 6) is 0.921. The van der Waals surface area contributed by atoms with Gasteiger partial charge in [0.1, 0.15) is 5.75 Å². The number of hydrogen-bond acceptors (Lipinski definition) is 1. The van der Waals surface area contributed by atoms with Gasteiger partial charge in [-0.15, -0.1) is 0 Å². The van der Waals surface area contributed by atoms with Gasteiger partial charge in [0, 0.05) is 0 Å². The van der Waals surface area contributed by atoms with Crippen molar-refractivity contribution in [3.8, 4) is 5.75 Å². The van der Waals surface area contributed by atoms with Crippen molar-refractivity contribution in [2.24, 2.45) is 0 Å². The van der Waals surface area contributed by atoms with Crippen LogP contribution in [0.4, 0.5) is 0 Å². The topological polar surface area (TPSA) is 9.23 Å². The zero-order valence-electron chi connectivity index (χ0n) is 8.66. The Morgan fingerprint density at radius 3 is 2.93 bits per heavy atom. The number of ether oxygens (including phenoxy) is 1. The van der Waals surface area contributed by atoms with Gasteiger partial charge in [0.25, 0.3) is 0 Å². The summed E-state index contributed by atoms with van der Waals surface area (Å²) >= 11 is 0. The molecule has 0 amide bonds. The largest absolute Gasteiger partial charge is 0.497 e. The number of rotatable bonds is 1. The fourth-order valence-corrected chi connectivity index (χ4v) is 2.18. The Kier molecular flexibility index (Phi) is 1.78. The normalized spacial score (nSPS) is 13.1. The molecule has 0 aromatic heterocycles. The van der Waals surface area contributed by atoms with Crippen LogP contribution < -0.4 is 4.74 Å². The van der Waals surface area contributed by atoms with Gasteiger partial charge in [0.2, 0.25) is 0 Å². The maximum atomic E-state index is 5.22. The lowest BCUT2D eigenvalue weighted by Gasteiger charge is -2.06. The monoisotopic (exact) mass is 196 g/mol. The second-order valence-corrected chi connectivity index (χ2v) is 3.83. The number of fused-ring (bicyclic) bond motifs is 3. The zero-order chi connectivity index (χ0) is 10.3. The summed E-state index contributed by atoms with van der Waals surface area (Å²) in [6.07, 6.45) is 5.50. The van der Waals surface area contributed by atoms with E-state index in [-0.39, 0.29) is 0 Å². The molecular formula is C14H12O. The fraction of sp³-hybridized carbons (Fsp3) is 0.143. The van der Waals surface area contributed by atoms with Gasteiger partial charge in [0.05, 0.1) is 7.11 Å². The van der Waals surface area contributed by atoms with Gasteiger partial charge in [-0.3, -0.25) is 0 Å². The molecule has 0 unspecified atom stereocenters. The number of hydrogen-bond donors (Lipinski definition) is 0. The molecule has 74 valence electrons. The summed E-state index contributed by atoms with van der Waals surface area (Å²) in [6, 6.07) is 10.6. The molecule has 2 aromatic rings. The molecule has 0 atom stereocenters. The Morgan fingerprint density at radius 2 is 2.07 bits per heavy atom. The lowest BCUT2D eigenvalue weighted by atomic mass is 10.0. The Morgan fingerprint density at radius 1 is 1.13 bits per heavy atom. The Balaban J connectivity index is 2.33. The van der Waals surface area contributed by atoms with Crippen LogP contribution >= 0.6 is 0 Å². The molecule has 2 aromatic carbocycles. The van der Waals surface area contributed by atoms with Crippen LogP contribution in [0, 0.1) is 0 Å². The van der Waals surface area contributed by atoms with Crippen LogP contribution in [0.2, 0.25) is 0 Å². The van der Waals surface area contributed by atoms with E-state index in [1.54, 1.807) is 7.11 Å². The van der Waals surface area contributed by atoms with Gasteiger partial charge >= 0.3 is 0 Å². The Hall–Kier alpha value is -1.76. The van der Waals surface area contributed by atoms with Crippen LogP contribution in [0.15, 0.2) is 36.4 Å². The van der Waals surface area contributed by atoms with E-state index >= 15 is 0 Å². The lowest BCUT2D eigenvalue weighted by molar-refractivity contribution is 0.415. The van der Waals surface area contributed by atoms with Crippen LogP contribution in [0.1, 0.15) is 11.1 Å². The van der Waals surface area contributed by atoms with Gasteiger partial charge in [-0.05, 0) is 40.5 Å². The molecule has 1 nitrogen and oxygen atoms in total. The van der Waals surface area contributed by atoms with Crippen molar-refractivity contribution in [1.29, 1.82) is 0 Å². The molecular weight excluding hydrogens is 184 g/mol. The summed E-state index contributed by atoms with van der Waals surface area (Å²) < 4.78 is 5.22. The first-order chi connectivity index (χ1) is 7.38. The average Bonchev–Trinajstić information content (AvgIpc) is 2.76. The second-order valence-electron chi connectivity index (χ2n) is 3.83. The first kappa shape index (κ1) is 8.54. The van der Waals surface area contributed by atoms with Crippen LogP contribution in [0.3, 0.4) is 0 Å². The minimum atomic E-state index is 0.921. The fourth-order valence-electron chi connectivity index (χ4n) is 2.18. The first-order valence-corrected chi connectivity index (χ1v) is 5.14. The summed E-state index contributed by atoms with van der Waals surface area (Å²) in [5, 5.41) is 2.57. The number of benzene rings is 2. The van der Waals surface area contributed by atoms with Crippen LogP contribution in [0.5, 0.6) is 5.75 Å². The molecule has 0 fully saturated rings. The van der Waals surface area contributed by atoms with Gasteiger partial charge in [0.15, 0.2) is 0 Å². The second kappa shape index (κ2) is 3.13. The van der Waals surface area contributed by atoms with Crippen molar-refractivity contribution in [2.75, 3.05) is 7.11 Å². The molecule has 15 heavy (non-hydrogen) atoms. The summed E-state index contributed by atoms with van der Waals surface area (Å²) in [4.78, 5) is 0. The van der Waals surface area contributed by atoms with Crippen molar-refractivity contribution in [2.45, 2.75) is 6.42 Å². The quantitative estimate of drug-likeness (QED) is 0.679. The highest BCUT2D eigenvalue weighted by Crippen LogP contribution is 2.30. The molecule has 0 heterocycles. The van der Waals surface area contributed by atoms with E-state index in [1.165, 1.54) is 21.9 Å². The van der Waals surface area contributed by atoms with Crippen LogP contribution in [0.25, 0.3) is 16.8 Å². The minimum Gasteiger partial charge on any atom is -0.497 e. The smallest absolute Gasteiger partial charge is 0.119 e. The molecule has 0 saturated heterocycles. The van der Waals surface area contributed by atoms with Gasteiger partial charge in [-0.2, -0.15) is 0 Å².